The molecule has 0 radical (unpaired) electrons. The molecule has 3 N–H and O–H groups in total. The number of nitrogens with one attached hydrogen (secondary N) is 1. The molecular weight excluding hydrogens is 658 g/mol. The van der Waals surface area contributed by atoms with E-state index in [0.29, 0.717) is 12.0 Å². The first kappa shape index (κ1) is 33.3. The van der Waals surface area contributed by atoms with Crippen LogP contribution in [0.2, 0.25) is 0 Å². The van der Waals surface area contributed by atoms with Crippen molar-refractivity contribution in [3.05, 3.63) is 33.9 Å². The Morgan fingerprint density at radius 3 is 2.21 bits per heavy atom. The number of aromatic nitrogens is 2. The normalized spacial score (nSPS) is 21.2. The number of esters is 4. The number of aldehydes is 1. The van der Waals surface area contributed by atoms with Crippen molar-refractivity contribution in [2.45, 2.75) is 65.3 Å². The number of ether oxygens (including phenoxy) is 5. The molecule has 0 bridgehead atoms. The average Bonchev–Trinajstić information content (AvgIpc) is 3.30. The first-order chi connectivity index (χ1) is 20.2. The summed E-state index contributed by atoms with van der Waals surface area (Å²) in [6.07, 6.45) is -6.82. The van der Waals surface area contributed by atoms with Crippen LogP contribution in [0.15, 0.2) is 27.2 Å². The van der Waals surface area contributed by atoms with E-state index in [-0.39, 0.29) is 11.6 Å². The van der Waals surface area contributed by atoms with E-state index < -0.39 is 66.2 Å². The second kappa shape index (κ2) is 14.3. The molecule has 16 nitrogen and oxygen atoms in total. The lowest BCUT2D eigenvalue weighted by atomic mass is 9.97. The number of aryl methyl sites for hydroxylation is 1. The van der Waals surface area contributed by atoms with Crippen LogP contribution in [0.25, 0.3) is 5.69 Å². The SMILES string of the molecule is CC(=O)OC[C@H]1O[C@@H](N(Nc2on[n+](-c3ccc(Br)cc3C)c2C=O)C(N)=S)[C@H](OC(C)=O)[C@@H](OC(C)=O)[C@H]1OC(C)=O. The molecule has 0 spiro atoms. The van der Waals surface area contributed by atoms with Gasteiger partial charge in [-0.3, -0.25) is 33.9 Å². The summed E-state index contributed by atoms with van der Waals surface area (Å²) in [4.78, 5) is 60.2. The molecule has 0 unspecified atom stereocenters. The number of hydrazine groups is 1. The van der Waals surface area contributed by atoms with Gasteiger partial charge in [0.05, 0.1) is 0 Å². The number of benzene rings is 1. The van der Waals surface area contributed by atoms with Crippen LogP contribution in [0.4, 0.5) is 5.88 Å². The lowest BCUT2D eigenvalue weighted by Crippen LogP contribution is -2.68. The second-order valence-corrected chi connectivity index (χ2v) is 10.5. The maximum Gasteiger partial charge on any atom is 0.345 e. The Bertz CT molecular complexity index is 1420. The number of carbonyl (C=O) groups is 5. The Morgan fingerprint density at radius 1 is 1.07 bits per heavy atom. The fourth-order valence-corrected chi connectivity index (χ4v) is 4.87. The van der Waals surface area contributed by atoms with E-state index in [0.717, 1.165) is 42.7 Å². The predicted molar refractivity (Wildman–Crippen MR) is 150 cm³/mol. The van der Waals surface area contributed by atoms with Crippen LogP contribution in [-0.4, -0.2) is 82.8 Å². The third-order valence-corrected chi connectivity index (χ3v) is 6.54. The zero-order chi connectivity index (χ0) is 32.0. The molecule has 1 aromatic heterocycles. The zero-order valence-corrected chi connectivity index (χ0v) is 26.0. The van der Waals surface area contributed by atoms with Crippen LogP contribution in [-0.2, 0) is 42.9 Å². The Labute approximate surface area is 258 Å². The van der Waals surface area contributed by atoms with Crippen LogP contribution < -0.4 is 15.8 Å². The molecule has 18 heteroatoms. The molecule has 43 heavy (non-hydrogen) atoms. The number of rotatable bonds is 10. The van der Waals surface area contributed by atoms with Gasteiger partial charge in [0.1, 0.15) is 12.7 Å². The monoisotopic (exact) mass is 686 g/mol. The molecule has 0 amide bonds. The summed E-state index contributed by atoms with van der Waals surface area (Å²) in [6, 6.07) is 5.24. The fraction of sp³-hybridized carbons (Fsp3) is 0.440. The van der Waals surface area contributed by atoms with Crippen molar-refractivity contribution in [3.8, 4) is 5.69 Å². The Morgan fingerprint density at radius 2 is 1.67 bits per heavy atom. The predicted octanol–water partition coefficient (Wildman–Crippen LogP) is 0.790. The largest absolute Gasteiger partial charge is 0.463 e. The summed E-state index contributed by atoms with van der Waals surface area (Å²) in [5.41, 5.74) is 9.89. The van der Waals surface area contributed by atoms with Gasteiger partial charge in [0.25, 0.3) is 0 Å². The number of hydrogen-bond acceptors (Lipinski definition) is 14. The molecule has 2 aromatic rings. The standard InChI is InChI=1S/C25H28BrN5O11S/c1-11-8-16(26)6-7-17(11)30-18(9-32)23(42-29-30)28-31(25(27)43)24-22(40-15(5)36)21(39-14(4)35)20(38-13(3)34)19(41-24)10-37-12(2)33/h6-9,19-22,24H,10H2,1-5H3,(H2-,27,28,29,32,43)/p+1/t19-,20+,21+,22-,24-/m1/s1. The van der Waals surface area contributed by atoms with Crippen molar-refractivity contribution in [1.82, 2.24) is 10.3 Å². The first-order valence-electron chi connectivity index (χ1n) is 12.5. The smallest absolute Gasteiger partial charge is 0.345 e. The molecule has 232 valence electrons. The molecule has 1 aromatic carbocycles. The third kappa shape index (κ3) is 8.23. The van der Waals surface area contributed by atoms with Gasteiger partial charge in [-0.05, 0) is 36.0 Å². The molecule has 3 rings (SSSR count). The number of thiocarbonyl (C=S) groups is 1. The summed E-state index contributed by atoms with van der Waals surface area (Å²) in [7, 11) is 0. The number of anilines is 1. The van der Waals surface area contributed by atoms with Crippen molar-refractivity contribution < 1.29 is 56.9 Å². The van der Waals surface area contributed by atoms with Crippen LogP contribution in [0.1, 0.15) is 43.7 Å². The highest BCUT2D eigenvalue weighted by molar-refractivity contribution is 9.10. The molecule has 1 fully saturated rings. The van der Waals surface area contributed by atoms with E-state index in [9.17, 15) is 24.0 Å². The van der Waals surface area contributed by atoms with Crippen molar-refractivity contribution in [2.24, 2.45) is 5.73 Å². The van der Waals surface area contributed by atoms with E-state index >= 15 is 0 Å². The maximum absolute atomic E-state index is 12.2. The summed E-state index contributed by atoms with van der Waals surface area (Å²) in [5.74, 6) is -3.41. The number of nitrogens with two attached hydrogens (primary N) is 1. The van der Waals surface area contributed by atoms with Gasteiger partial charge in [-0.15, -0.1) is 0 Å². The Hall–Kier alpha value is -4.16. The van der Waals surface area contributed by atoms with E-state index in [1.165, 1.54) is 4.68 Å². The van der Waals surface area contributed by atoms with Gasteiger partial charge in [0.2, 0.25) is 17.2 Å². The van der Waals surface area contributed by atoms with Gasteiger partial charge in [-0.1, -0.05) is 15.9 Å². The van der Waals surface area contributed by atoms with Gasteiger partial charge in [-0.25, -0.2) is 5.01 Å². The second-order valence-electron chi connectivity index (χ2n) is 9.16. The maximum atomic E-state index is 12.2. The highest BCUT2D eigenvalue weighted by Gasteiger charge is 2.54. The number of hydrogen-bond donors (Lipinski definition) is 2. The van der Waals surface area contributed by atoms with Gasteiger partial charge in [0, 0.05) is 43.8 Å². The van der Waals surface area contributed by atoms with Gasteiger partial charge < -0.3 is 29.4 Å². The van der Waals surface area contributed by atoms with Gasteiger partial charge in [-0.2, -0.15) is 0 Å². The number of halogens is 1. The lowest BCUT2D eigenvalue weighted by molar-refractivity contribution is -0.671. The van der Waals surface area contributed by atoms with Crippen molar-refractivity contribution in [1.29, 1.82) is 0 Å². The van der Waals surface area contributed by atoms with Crippen molar-refractivity contribution in [2.75, 3.05) is 12.0 Å². The van der Waals surface area contributed by atoms with Crippen LogP contribution >= 0.6 is 28.1 Å². The van der Waals surface area contributed by atoms with E-state index in [4.69, 9.17) is 46.2 Å². The topological polar surface area (TPSA) is 203 Å². The van der Waals surface area contributed by atoms with Crippen LogP contribution in [0.5, 0.6) is 0 Å². The molecular formula is C25H29BrN5O11S+. The molecule has 1 aliphatic rings. The Balaban J connectivity index is 2.11. The van der Waals surface area contributed by atoms with E-state index in [1.54, 1.807) is 25.1 Å². The highest BCUT2D eigenvalue weighted by Crippen LogP contribution is 2.31. The Kier molecular flexibility index (Phi) is 11.1. The molecule has 1 saturated heterocycles. The van der Waals surface area contributed by atoms with E-state index in [1.807, 2.05) is 0 Å². The van der Waals surface area contributed by atoms with Crippen LogP contribution in [0.3, 0.4) is 0 Å². The lowest BCUT2D eigenvalue weighted by Gasteiger charge is -2.47. The number of nitrogens with zero attached hydrogens (tertiary/aromatic N) is 3. The minimum Gasteiger partial charge on any atom is -0.463 e. The van der Waals surface area contributed by atoms with Crippen LogP contribution in [0, 0.1) is 6.92 Å². The van der Waals surface area contributed by atoms with Crippen molar-refractivity contribution in [3.63, 3.8) is 0 Å². The van der Waals surface area contributed by atoms with E-state index in [2.05, 4.69) is 26.6 Å². The van der Waals surface area contributed by atoms with Gasteiger partial charge in [0.15, 0.2) is 29.7 Å². The third-order valence-electron chi connectivity index (χ3n) is 5.85. The number of carbonyl (C=O) groups excluding carboxylic acids is 5. The summed E-state index contributed by atoms with van der Waals surface area (Å²) in [6.45, 7) is 5.71. The van der Waals surface area contributed by atoms with Crippen molar-refractivity contribution >= 4 is 69.3 Å². The summed E-state index contributed by atoms with van der Waals surface area (Å²) >= 11 is 8.61. The first-order valence-corrected chi connectivity index (χ1v) is 13.7. The highest BCUT2D eigenvalue weighted by atomic mass is 79.9. The quantitative estimate of drug-likeness (QED) is 0.0885. The minimum atomic E-state index is -1.54. The van der Waals surface area contributed by atoms with Gasteiger partial charge >= 0.3 is 35.5 Å². The molecule has 5 atom stereocenters. The molecule has 0 saturated carbocycles. The molecule has 2 heterocycles. The fourth-order valence-electron chi connectivity index (χ4n) is 4.25. The summed E-state index contributed by atoms with van der Waals surface area (Å²) in [5, 5.41) is 4.49. The minimum absolute atomic E-state index is 0.0997. The zero-order valence-electron chi connectivity index (χ0n) is 23.6. The molecule has 0 aliphatic carbocycles. The average molecular weight is 688 g/mol. The molecule has 1 aliphatic heterocycles. The summed E-state index contributed by atoms with van der Waals surface area (Å²) < 4.78 is 34.9.